The van der Waals surface area contributed by atoms with E-state index in [1.165, 1.54) is 12.8 Å². The fourth-order valence-electron chi connectivity index (χ4n) is 2.06. The molecule has 0 saturated heterocycles. The van der Waals surface area contributed by atoms with Crippen molar-refractivity contribution >= 4 is 36.4 Å². The van der Waals surface area contributed by atoms with Crippen molar-refractivity contribution in [3.8, 4) is 0 Å². The molecule has 0 aromatic heterocycles. The zero-order valence-electron chi connectivity index (χ0n) is 14.4. The van der Waals surface area contributed by atoms with E-state index in [0.717, 1.165) is 37.3 Å². The van der Waals surface area contributed by atoms with Gasteiger partial charge in [0.25, 0.3) is 5.91 Å². The van der Waals surface area contributed by atoms with E-state index in [2.05, 4.69) is 36.4 Å². The van der Waals surface area contributed by atoms with Gasteiger partial charge in [-0.3, -0.25) is 4.79 Å². The molecule has 4 nitrogen and oxygen atoms in total. The molecule has 1 aromatic rings. The van der Waals surface area contributed by atoms with Crippen LogP contribution in [-0.2, 0) is 0 Å². The molecule has 23 heavy (non-hydrogen) atoms. The van der Waals surface area contributed by atoms with Gasteiger partial charge in [-0.05, 0) is 43.7 Å². The molecule has 0 spiro atoms. The molecule has 0 aliphatic heterocycles. The quantitative estimate of drug-likeness (QED) is 0.625. The minimum atomic E-state index is -0.00365. The summed E-state index contributed by atoms with van der Waals surface area (Å²) in [5.41, 5.74) is 1.88. The average molecular weight is 364 g/mol. The largest absolute Gasteiger partial charge is 0.375 e. The Labute approximate surface area is 153 Å². The first-order chi connectivity index (χ1) is 10.2. The van der Waals surface area contributed by atoms with Gasteiger partial charge >= 0.3 is 0 Å². The summed E-state index contributed by atoms with van der Waals surface area (Å²) in [5, 5.41) is 6.19. The zero-order valence-corrected chi connectivity index (χ0v) is 16.1. The maximum atomic E-state index is 12.0. The van der Waals surface area contributed by atoms with E-state index in [9.17, 15) is 4.79 Å². The first-order valence-corrected chi connectivity index (χ1v) is 7.99. The van der Waals surface area contributed by atoms with Crippen molar-refractivity contribution in [2.75, 3.05) is 38.1 Å². The van der Waals surface area contributed by atoms with Crippen molar-refractivity contribution in [2.24, 2.45) is 0 Å². The van der Waals surface area contributed by atoms with Crippen LogP contribution in [0.3, 0.4) is 0 Å². The first-order valence-electron chi connectivity index (χ1n) is 7.99. The molecule has 1 rings (SSSR count). The monoisotopic (exact) mass is 363 g/mol. The number of unbranched alkanes of at least 4 members (excludes halogenated alkanes) is 1. The summed E-state index contributed by atoms with van der Waals surface area (Å²) in [5.74, 6) is -0.00365. The van der Waals surface area contributed by atoms with Gasteiger partial charge in [-0.25, -0.2) is 0 Å². The summed E-state index contributed by atoms with van der Waals surface area (Å²) >= 11 is 0. The van der Waals surface area contributed by atoms with Gasteiger partial charge in [0.1, 0.15) is 0 Å². The van der Waals surface area contributed by atoms with Gasteiger partial charge < -0.3 is 15.5 Å². The fourth-order valence-corrected chi connectivity index (χ4v) is 2.06. The SMILES string of the molecule is CCCCN(C)c1ccc(C(=O)NCCNCCC)cc1.Cl.Cl. The molecule has 0 unspecified atom stereocenters. The highest BCUT2D eigenvalue weighted by atomic mass is 35.5. The second kappa shape index (κ2) is 14.6. The second-order valence-electron chi connectivity index (χ2n) is 5.33. The van der Waals surface area contributed by atoms with Crippen molar-refractivity contribution < 1.29 is 4.79 Å². The van der Waals surface area contributed by atoms with E-state index >= 15 is 0 Å². The van der Waals surface area contributed by atoms with Crippen molar-refractivity contribution in [1.29, 1.82) is 0 Å². The lowest BCUT2D eigenvalue weighted by molar-refractivity contribution is 0.0954. The Kier molecular flexibility index (Phi) is 15.4. The predicted molar refractivity (Wildman–Crippen MR) is 105 cm³/mol. The van der Waals surface area contributed by atoms with Crippen LogP contribution in [0.5, 0.6) is 0 Å². The number of nitrogens with one attached hydrogen (secondary N) is 2. The molecular formula is C17H31Cl2N3O. The average Bonchev–Trinajstić information content (AvgIpc) is 2.52. The summed E-state index contributed by atoms with van der Waals surface area (Å²) < 4.78 is 0. The van der Waals surface area contributed by atoms with E-state index < -0.39 is 0 Å². The number of hydrogen-bond acceptors (Lipinski definition) is 3. The molecule has 134 valence electrons. The molecule has 1 aromatic carbocycles. The van der Waals surface area contributed by atoms with Crippen LogP contribution in [0.4, 0.5) is 5.69 Å². The number of amides is 1. The van der Waals surface area contributed by atoms with Crippen molar-refractivity contribution in [3.05, 3.63) is 29.8 Å². The van der Waals surface area contributed by atoms with E-state index in [4.69, 9.17) is 0 Å². The van der Waals surface area contributed by atoms with Crippen LogP contribution < -0.4 is 15.5 Å². The molecule has 2 N–H and O–H groups in total. The van der Waals surface area contributed by atoms with Crippen LogP contribution in [0.2, 0.25) is 0 Å². The Balaban J connectivity index is 0. The number of nitrogens with zero attached hydrogens (tertiary/aromatic N) is 1. The molecule has 0 saturated carbocycles. The van der Waals surface area contributed by atoms with Gasteiger partial charge in [-0.1, -0.05) is 20.3 Å². The van der Waals surface area contributed by atoms with E-state index in [1.807, 2.05) is 24.3 Å². The van der Waals surface area contributed by atoms with Gasteiger partial charge in [0.2, 0.25) is 0 Å². The summed E-state index contributed by atoms with van der Waals surface area (Å²) in [6, 6.07) is 7.82. The highest BCUT2D eigenvalue weighted by molar-refractivity contribution is 5.94. The van der Waals surface area contributed by atoms with E-state index in [-0.39, 0.29) is 30.7 Å². The lowest BCUT2D eigenvalue weighted by Crippen LogP contribution is -2.32. The maximum Gasteiger partial charge on any atom is 0.251 e. The molecule has 0 bridgehead atoms. The molecule has 0 fully saturated rings. The van der Waals surface area contributed by atoms with Crippen molar-refractivity contribution in [3.63, 3.8) is 0 Å². The van der Waals surface area contributed by atoms with Gasteiger partial charge in [-0.15, -0.1) is 24.8 Å². The second-order valence-corrected chi connectivity index (χ2v) is 5.33. The van der Waals surface area contributed by atoms with Crippen LogP contribution >= 0.6 is 24.8 Å². The highest BCUT2D eigenvalue weighted by Crippen LogP contribution is 2.14. The molecular weight excluding hydrogens is 333 g/mol. The smallest absolute Gasteiger partial charge is 0.251 e. The molecule has 0 atom stereocenters. The maximum absolute atomic E-state index is 12.0. The van der Waals surface area contributed by atoms with Gasteiger partial charge in [0.15, 0.2) is 0 Å². The normalized spacial score (nSPS) is 9.52. The summed E-state index contributed by atoms with van der Waals surface area (Å²) in [7, 11) is 2.09. The van der Waals surface area contributed by atoms with Gasteiger partial charge in [0.05, 0.1) is 0 Å². The van der Waals surface area contributed by atoms with Gasteiger partial charge in [0, 0.05) is 37.9 Å². The molecule has 0 aliphatic rings. The topological polar surface area (TPSA) is 44.4 Å². The number of carbonyl (C=O) groups excluding carboxylic acids is 1. The Bertz CT molecular complexity index is 413. The third-order valence-electron chi connectivity index (χ3n) is 3.43. The summed E-state index contributed by atoms with van der Waals surface area (Å²) in [6.45, 7) is 7.84. The van der Waals surface area contributed by atoms with Crippen molar-refractivity contribution in [1.82, 2.24) is 10.6 Å². The lowest BCUT2D eigenvalue weighted by Gasteiger charge is -2.19. The van der Waals surface area contributed by atoms with Crippen LogP contribution in [0.1, 0.15) is 43.5 Å². The fraction of sp³-hybridized carbons (Fsp3) is 0.588. The minimum absolute atomic E-state index is 0. The van der Waals surface area contributed by atoms with Crippen LogP contribution in [0.25, 0.3) is 0 Å². The molecule has 0 aliphatic carbocycles. The predicted octanol–water partition coefficient (Wildman–Crippen LogP) is 3.50. The summed E-state index contributed by atoms with van der Waals surface area (Å²) in [6.07, 6.45) is 3.49. The van der Waals surface area contributed by atoms with Crippen molar-refractivity contribution in [2.45, 2.75) is 33.1 Å². The van der Waals surface area contributed by atoms with Gasteiger partial charge in [-0.2, -0.15) is 0 Å². The third-order valence-corrected chi connectivity index (χ3v) is 3.43. The minimum Gasteiger partial charge on any atom is -0.375 e. The number of hydrogen-bond donors (Lipinski definition) is 2. The molecule has 0 radical (unpaired) electrons. The molecule has 1 amide bonds. The Morgan fingerprint density at radius 2 is 1.65 bits per heavy atom. The van der Waals surface area contributed by atoms with Crippen LogP contribution in [0.15, 0.2) is 24.3 Å². The lowest BCUT2D eigenvalue weighted by atomic mass is 10.2. The number of halogens is 2. The van der Waals surface area contributed by atoms with Crippen LogP contribution in [-0.4, -0.2) is 39.1 Å². The molecule has 6 heteroatoms. The van der Waals surface area contributed by atoms with Crippen LogP contribution in [0, 0.1) is 0 Å². The Hall–Kier alpha value is -0.970. The Morgan fingerprint density at radius 3 is 2.22 bits per heavy atom. The number of rotatable bonds is 10. The standard InChI is InChI=1S/C17H29N3O.2ClH/c1-4-6-14-20(3)16-9-7-15(8-10-16)17(21)19-13-12-18-11-5-2;;/h7-10,18H,4-6,11-14H2,1-3H3,(H,19,21);2*1H. The summed E-state index contributed by atoms with van der Waals surface area (Å²) in [4.78, 5) is 14.2. The number of benzene rings is 1. The van der Waals surface area contributed by atoms with E-state index in [0.29, 0.717) is 6.54 Å². The number of carbonyl (C=O) groups is 1. The third kappa shape index (κ3) is 9.69. The Morgan fingerprint density at radius 1 is 1.00 bits per heavy atom. The highest BCUT2D eigenvalue weighted by Gasteiger charge is 2.06. The zero-order chi connectivity index (χ0) is 15.5. The van der Waals surface area contributed by atoms with E-state index in [1.54, 1.807) is 0 Å². The first kappa shape index (κ1) is 24.3. The number of anilines is 1. The molecule has 0 heterocycles.